The molecule has 5 heteroatoms. The molecular weight excluding hydrogens is 348 g/mol. The van der Waals surface area contributed by atoms with Gasteiger partial charge in [0.15, 0.2) is 5.16 Å². The summed E-state index contributed by atoms with van der Waals surface area (Å²) in [6.45, 7) is 0. The summed E-state index contributed by atoms with van der Waals surface area (Å²) < 4.78 is 2.00. The van der Waals surface area contributed by atoms with Crippen molar-refractivity contribution in [1.82, 2.24) is 9.55 Å². The van der Waals surface area contributed by atoms with Crippen LogP contribution in [0.1, 0.15) is 38.5 Å². The molecule has 4 aliphatic carbocycles. The van der Waals surface area contributed by atoms with E-state index >= 15 is 0 Å². The topological polar surface area (TPSA) is 34.9 Å². The van der Waals surface area contributed by atoms with Crippen molar-refractivity contribution in [2.45, 2.75) is 43.7 Å². The highest BCUT2D eigenvalue weighted by atomic mass is 79.9. The zero-order chi connectivity index (χ0) is 13.7. The molecule has 4 saturated carbocycles. The second-order valence-electron chi connectivity index (χ2n) is 7.23. The Hall–Kier alpha value is -0.290. The number of aromatic nitrogens is 2. The number of Topliss-reactive ketones (excluding diaryl/α,β-unsaturated/α-hetero) is 1. The molecule has 1 heterocycles. The summed E-state index contributed by atoms with van der Waals surface area (Å²) in [5.41, 5.74) is 0.0485. The lowest BCUT2D eigenvalue weighted by Gasteiger charge is -2.56. The number of carbonyl (C=O) groups is 1. The normalized spacial score (nSPS) is 36.5. The Balaban J connectivity index is 0.00000132. The monoisotopic (exact) mass is 369 g/mol. The van der Waals surface area contributed by atoms with Gasteiger partial charge in [0, 0.05) is 24.9 Å². The second-order valence-corrected chi connectivity index (χ2v) is 8.17. The van der Waals surface area contributed by atoms with Gasteiger partial charge in [0.2, 0.25) is 0 Å². The molecule has 0 atom stereocenters. The average molecular weight is 370 g/mol. The standard InChI is InChI=1S/C16H22N2OS.BrH/c1-18-3-2-17-15(18)20-10-14(19)16-7-11-4-12(8-16)6-13(5-11)9-16;/h2-3,11-13H,4-10H2,1H3;1H/p-1. The quantitative estimate of drug-likeness (QED) is 0.716. The summed E-state index contributed by atoms with van der Waals surface area (Å²) in [6.07, 6.45) is 11.5. The molecule has 0 amide bonds. The van der Waals surface area contributed by atoms with E-state index in [1.807, 2.05) is 17.8 Å². The van der Waals surface area contributed by atoms with Gasteiger partial charge in [-0.3, -0.25) is 4.79 Å². The summed E-state index contributed by atoms with van der Waals surface area (Å²) in [5, 5.41) is 0.961. The lowest BCUT2D eigenvalue weighted by Crippen LogP contribution is -3.00. The Morgan fingerprint density at radius 2 is 1.86 bits per heavy atom. The van der Waals surface area contributed by atoms with Crippen LogP contribution in [0.5, 0.6) is 0 Å². The highest BCUT2D eigenvalue weighted by Gasteiger charge is 2.54. The van der Waals surface area contributed by atoms with Crippen LogP contribution < -0.4 is 17.0 Å². The number of nitrogens with zero attached hydrogens (tertiary/aromatic N) is 2. The molecule has 3 nitrogen and oxygen atoms in total. The van der Waals surface area contributed by atoms with Gasteiger partial charge < -0.3 is 21.5 Å². The van der Waals surface area contributed by atoms with E-state index in [0.717, 1.165) is 22.9 Å². The van der Waals surface area contributed by atoms with Gasteiger partial charge in [0.25, 0.3) is 0 Å². The first-order valence-corrected chi connectivity index (χ1v) is 8.77. The molecule has 0 saturated heterocycles. The molecule has 4 aliphatic rings. The summed E-state index contributed by atoms with van der Waals surface area (Å²) in [5.74, 6) is 3.66. The van der Waals surface area contributed by atoms with Crippen LogP contribution in [0, 0.1) is 23.2 Å². The molecule has 1 aromatic rings. The van der Waals surface area contributed by atoms with E-state index in [2.05, 4.69) is 4.98 Å². The molecule has 0 radical (unpaired) electrons. The molecule has 4 bridgehead atoms. The first-order valence-electron chi connectivity index (χ1n) is 7.78. The van der Waals surface area contributed by atoms with Crippen LogP contribution in [0.25, 0.3) is 0 Å². The van der Waals surface area contributed by atoms with E-state index in [0.29, 0.717) is 11.5 Å². The Morgan fingerprint density at radius 3 is 2.33 bits per heavy atom. The van der Waals surface area contributed by atoms with Crippen LogP contribution in [0.3, 0.4) is 0 Å². The van der Waals surface area contributed by atoms with Gasteiger partial charge in [-0.05, 0) is 56.3 Å². The molecule has 21 heavy (non-hydrogen) atoms. The molecular formula is C16H22BrN2OS-. The molecule has 1 aromatic heterocycles. The number of rotatable bonds is 4. The lowest BCUT2D eigenvalue weighted by molar-refractivity contribution is -0.141. The number of carbonyl (C=O) groups excluding carboxylic acids is 1. The zero-order valence-electron chi connectivity index (χ0n) is 12.4. The summed E-state index contributed by atoms with van der Waals surface area (Å²) in [4.78, 5) is 17.2. The van der Waals surface area contributed by atoms with Crippen molar-refractivity contribution in [2.75, 3.05) is 5.75 Å². The number of hydrogen-bond donors (Lipinski definition) is 0. The van der Waals surface area contributed by atoms with Gasteiger partial charge in [0.05, 0.1) is 5.75 Å². The number of imidazole rings is 1. The highest BCUT2D eigenvalue weighted by molar-refractivity contribution is 7.99. The third-order valence-electron chi connectivity index (χ3n) is 5.74. The molecule has 0 aliphatic heterocycles. The number of thioether (sulfide) groups is 1. The van der Waals surface area contributed by atoms with Gasteiger partial charge in [-0.25, -0.2) is 4.98 Å². The first-order chi connectivity index (χ1) is 9.64. The summed E-state index contributed by atoms with van der Waals surface area (Å²) >= 11 is 1.61. The van der Waals surface area contributed by atoms with Crippen LogP contribution in [0.4, 0.5) is 0 Å². The first kappa shape index (κ1) is 15.6. The van der Waals surface area contributed by atoms with Gasteiger partial charge >= 0.3 is 0 Å². The minimum atomic E-state index is 0. The lowest BCUT2D eigenvalue weighted by atomic mass is 9.48. The smallest absolute Gasteiger partial charge is 0.168 e. The number of aryl methyl sites for hydroxylation is 1. The fourth-order valence-corrected chi connectivity index (χ4v) is 6.19. The minimum Gasteiger partial charge on any atom is -1.00 e. The third kappa shape index (κ3) is 2.72. The average Bonchev–Trinajstić information content (AvgIpc) is 2.80. The Labute approximate surface area is 141 Å². The predicted octanol–water partition coefficient (Wildman–Crippen LogP) is 0.302. The van der Waals surface area contributed by atoms with Crippen molar-refractivity contribution in [1.29, 1.82) is 0 Å². The molecule has 5 rings (SSSR count). The highest BCUT2D eigenvalue weighted by Crippen LogP contribution is 2.60. The Bertz CT molecular complexity index is 507. The number of halogens is 1. The van der Waals surface area contributed by atoms with E-state index in [-0.39, 0.29) is 22.4 Å². The zero-order valence-corrected chi connectivity index (χ0v) is 14.8. The summed E-state index contributed by atoms with van der Waals surface area (Å²) in [6, 6.07) is 0. The van der Waals surface area contributed by atoms with E-state index in [4.69, 9.17) is 0 Å². The molecule has 0 aromatic carbocycles. The van der Waals surface area contributed by atoms with Gasteiger partial charge in [-0.1, -0.05) is 11.8 Å². The molecule has 0 unspecified atom stereocenters. The SMILES string of the molecule is Cn1ccnc1SCC(=O)C12CC3CC(CC(C3)C1)C2.[Br-]. The van der Waals surface area contributed by atoms with E-state index in [1.54, 1.807) is 18.0 Å². The maximum absolute atomic E-state index is 12.8. The number of ketones is 1. The van der Waals surface area contributed by atoms with E-state index < -0.39 is 0 Å². The van der Waals surface area contributed by atoms with Crippen molar-refractivity contribution >= 4 is 17.5 Å². The molecule has 0 N–H and O–H groups in total. The van der Waals surface area contributed by atoms with Crippen molar-refractivity contribution in [3.8, 4) is 0 Å². The van der Waals surface area contributed by atoms with Gasteiger partial charge in [0.1, 0.15) is 5.78 Å². The molecule has 116 valence electrons. The summed E-state index contributed by atoms with van der Waals surface area (Å²) in [7, 11) is 1.99. The molecule has 0 spiro atoms. The third-order valence-corrected chi connectivity index (χ3v) is 6.80. The van der Waals surface area contributed by atoms with Crippen molar-refractivity contribution in [3.05, 3.63) is 12.4 Å². The fraction of sp³-hybridized carbons (Fsp3) is 0.750. The van der Waals surface area contributed by atoms with Crippen LogP contribution in [0.15, 0.2) is 17.6 Å². The largest absolute Gasteiger partial charge is 1.00 e. The fourth-order valence-electron chi connectivity index (χ4n) is 5.23. The van der Waals surface area contributed by atoms with E-state index in [9.17, 15) is 4.79 Å². The van der Waals surface area contributed by atoms with Crippen LogP contribution in [-0.4, -0.2) is 21.1 Å². The van der Waals surface area contributed by atoms with E-state index in [1.165, 1.54) is 38.5 Å². The van der Waals surface area contributed by atoms with Crippen molar-refractivity contribution in [3.63, 3.8) is 0 Å². The number of hydrogen-bond acceptors (Lipinski definition) is 3. The Kier molecular flexibility index (Phi) is 4.25. The minimum absolute atomic E-state index is 0. The van der Waals surface area contributed by atoms with Gasteiger partial charge in [-0.15, -0.1) is 0 Å². The van der Waals surface area contributed by atoms with Gasteiger partial charge in [-0.2, -0.15) is 0 Å². The predicted molar refractivity (Wildman–Crippen MR) is 79.5 cm³/mol. The molecule has 4 fully saturated rings. The Morgan fingerprint density at radius 1 is 1.29 bits per heavy atom. The van der Waals surface area contributed by atoms with Crippen LogP contribution in [0.2, 0.25) is 0 Å². The van der Waals surface area contributed by atoms with Crippen LogP contribution in [-0.2, 0) is 11.8 Å². The van der Waals surface area contributed by atoms with Crippen LogP contribution >= 0.6 is 11.8 Å². The maximum atomic E-state index is 12.8. The maximum Gasteiger partial charge on any atom is 0.168 e. The van der Waals surface area contributed by atoms with Crippen molar-refractivity contribution < 1.29 is 21.8 Å². The second kappa shape index (κ2) is 5.73. The van der Waals surface area contributed by atoms with Crippen molar-refractivity contribution in [2.24, 2.45) is 30.2 Å².